The maximum Gasteiger partial charge on any atom is 0.345 e. The number of hydrazone groups is 1. The van der Waals surface area contributed by atoms with Crippen LogP contribution in [0, 0.1) is 0 Å². The van der Waals surface area contributed by atoms with Crippen LogP contribution in [0.3, 0.4) is 0 Å². The lowest BCUT2D eigenvalue weighted by atomic mass is 10.2. The Morgan fingerprint density at radius 2 is 1.88 bits per heavy atom. The summed E-state index contributed by atoms with van der Waals surface area (Å²) in [4.78, 5) is 31.8. The first-order valence-corrected chi connectivity index (χ1v) is 11.4. The number of nitrogens with zero attached hydrogens (tertiary/aromatic N) is 2. The van der Waals surface area contributed by atoms with Gasteiger partial charge in [-0.25, -0.2) is 15.2 Å². The minimum Gasteiger partial charge on any atom is -0.423 e. The Morgan fingerprint density at radius 1 is 1.09 bits per heavy atom. The van der Waals surface area contributed by atoms with E-state index in [0.717, 1.165) is 11.0 Å². The maximum absolute atomic E-state index is 12.3. The Labute approximate surface area is 203 Å². The first-order chi connectivity index (χ1) is 16.0. The van der Waals surface area contributed by atoms with Crippen LogP contribution in [0.2, 0.25) is 10.0 Å². The molecule has 4 rings (SSSR count). The van der Waals surface area contributed by atoms with E-state index in [1.807, 2.05) is 24.3 Å². The van der Waals surface area contributed by atoms with Crippen LogP contribution in [0.1, 0.15) is 15.9 Å². The number of fused-ring (bicyclic) bond motifs is 1. The van der Waals surface area contributed by atoms with E-state index in [9.17, 15) is 9.59 Å². The van der Waals surface area contributed by atoms with E-state index < -0.39 is 5.97 Å². The summed E-state index contributed by atoms with van der Waals surface area (Å²) in [5.74, 6) is -0.344. The molecule has 0 saturated heterocycles. The number of aromatic amines is 1. The third-order valence-electron chi connectivity index (χ3n) is 4.35. The summed E-state index contributed by atoms with van der Waals surface area (Å²) in [6.07, 6.45) is 1.49. The van der Waals surface area contributed by atoms with Crippen molar-refractivity contribution in [3.05, 3.63) is 87.9 Å². The van der Waals surface area contributed by atoms with Gasteiger partial charge in [0.15, 0.2) is 5.16 Å². The number of carbonyl (C=O) groups is 2. The van der Waals surface area contributed by atoms with Gasteiger partial charge >= 0.3 is 5.97 Å². The van der Waals surface area contributed by atoms with Crippen molar-refractivity contribution < 1.29 is 14.3 Å². The normalized spacial score (nSPS) is 11.1. The fourth-order valence-corrected chi connectivity index (χ4v) is 3.94. The molecule has 1 aromatic heterocycles. The van der Waals surface area contributed by atoms with E-state index in [0.29, 0.717) is 21.5 Å². The summed E-state index contributed by atoms with van der Waals surface area (Å²) in [6.45, 7) is 0. The number of benzene rings is 3. The Morgan fingerprint density at radius 3 is 2.64 bits per heavy atom. The van der Waals surface area contributed by atoms with Crippen molar-refractivity contribution in [2.45, 2.75) is 5.16 Å². The zero-order valence-electron chi connectivity index (χ0n) is 16.9. The molecule has 0 spiro atoms. The SMILES string of the molecule is O=C(CSc1nc2ccccc2[nH]1)N/N=C\c1ccc(OC(=O)c2ccc(Cl)cc2Cl)cc1. The molecule has 3 aromatic carbocycles. The first kappa shape index (κ1) is 22.8. The number of nitrogens with one attached hydrogen (secondary N) is 2. The molecule has 0 aliphatic heterocycles. The molecule has 0 bridgehead atoms. The zero-order valence-corrected chi connectivity index (χ0v) is 19.2. The third-order valence-corrected chi connectivity index (χ3v) is 5.77. The molecule has 0 aliphatic carbocycles. The smallest absolute Gasteiger partial charge is 0.345 e. The fourth-order valence-electron chi connectivity index (χ4n) is 2.78. The Kier molecular flexibility index (Phi) is 7.29. The van der Waals surface area contributed by atoms with Crippen LogP contribution in [0.5, 0.6) is 5.75 Å². The first-order valence-electron chi connectivity index (χ1n) is 9.65. The molecule has 0 fully saturated rings. The summed E-state index contributed by atoms with van der Waals surface area (Å²) < 4.78 is 5.32. The largest absolute Gasteiger partial charge is 0.423 e. The molecule has 2 N–H and O–H groups in total. The van der Waals surface area contributed by atoms with E-state index in [4.69, 9.17) is 27.9 Å². The molecule has 0 radical (unpaired) electrons. The van der Waals surface area contributed by atoms with Crippen LogP contribution in [-0.4, -0.2) is 33.8 Å². The van der Waals surface area contributed by atoms with Gasteiger partial charge in [-0.3, -0.25) is 4.79 Å². The number of imidazole rings is 1. The van der Waals surface area contributed by atoms with Crippen LogP contribution in [-0.2, 0) is 4.79 Å². The molecule has 33 heavy (non-hydrogen) atoms. The second kappa shape index (κ2) is 10.5. The maximum atomic E-state index is 12.3. The third kappa shape index (κ3) is 6.13. The van der Waals surface area contributed by atoms with Crippen LogP contribution in [0.25, 0.3) is 11.0 Å². The van der Waals surface area contributed by atoms with Crippen LogP contribution in [0.4, 0.5) is 0 Å². The molecule has 0 unspecified atom stereocenters. The van der Waals surface area contributed by atoms with Crippen LogP contribution >= 0.6 is 35.0 Å². The van der Waals surface area contributed by atoms with Crippen LogP contribution in [0.15, 0.2) is 77.0 Å². The Hall–Kier alpha value is -3.33. The van der Waals surface area contributed by atoms with Crippen molar-refractivity contribution in [3.63, 3.8) is 0 Å². The molecular formula is C23H16Cl2N4O3S. The number of rotatable bonds is 7. The number of hydrogen-bond donors (Lipinski definition) is 2. The summed E-state index contributed by atoms with van der Waals surface area (Å²) in [7, 11) is 0. The van der Waals surface area contributed by atoms with Gasteiger partial charge < -0.3 is 9.72 Å². The van der Waals surface area contributed by atoms with Gasteiger partial charge in [0.05, 0.1) is 33.6 Å². The highest BCUT2D eigenvalue weighted by molar-refractivity contribution is 7.99. The molecule has 0 aliphatic rings. The molecular weight excluding hydrogens is 483 g/mol. The molecule has 1 heterocycles. The number of ether oxygens (including phenoxy) is 1. The van der Waals surface area contributed by atoms with Crippen molar-refractivity contribution in [3.8, 4) is 5.75 Å². The predicted molar refractivity (Wildman–Crippen MR) is 130 cm³/mol. The molecule has 4 aromatic rings. The van der Waals surface area contributed by atoms with Gasteiger partial charge in [0, 0.05) is 5.02 Å². The lowest BCUT2D eigenvalue weighted by Crippen LogP contribution is -2.19. The van der Waals surface area contributed by atoms with Crippen LogP contribution < -0.4 is 10.2 Å². The topological polar surface area (TPSA) is 96.4 Å². The molecule has 0 atom stereocenters. The predicted octanol–water partition coefficient (Wildman–Crippen LogP) is 5.33. The highest BCUT2D eigenvalue weighted by Crippen LogP contribution is 2.23. The van der Waals surface area contributed by atoms with E-state index in [-0.39, 0.29) is 22.2 Å². The number of H-pyrrole nitrogens is 1. The van der Waals surface area contributed by atoms with Crippen molar-refractivity contribution in [2.75, 3.05) is 5.75 Å². The summed E-state index contributed by atoms with van der Waals surface area (Å²) in [6, 6.07) is 18.8. The Bertz CT molecular complexity index is 1310. The number of amides is 1. The van der Waals surface area contributed by atoms with Gasteiger partial charge in [0.2, 0.25) is 0 Å². The number of esters is 1. The molecule has 7 nitrogen and oxygen atoms in total. The summed E-state index contributed by atoms with van der Waals surface area (Å²) in [5.41, 5.74) is 5.17. The average Bonchev–Trinajstić information content (AvgIpc) is 3.22. The van der Waals surface area contributed by atoms with Gasteiger partial charge in [-0.15, -0.1) is 0 Å². The second-order valence-corrected chi connectivity index (χ2v) is 8.53. The average molecular weight is 499 g/mol. The van der Waals surface area contributed by atoms with Crippen molar-refractivity contribution in [1.82, 2.24) is 15.4 Å². The quantitative estimate of drug-likeness (QED) is 0.118. The number of aromatic nitrogens is 2. The fraction of sp³-hybridized carbons (Fsp3) is 0.0435. The minimum atomic E-state index is -0.590. The van der Waals surface area contributed by atoms with Gasteiger partial charge in [-0.2, -0.15) is 5.10 Å². The summed E-state index contributed by atoms with van der Waals surface area (Å²) >= 11 is 13.2. The van der Waals surface area contributed by atoms with E-state index in [1.54, 1.807) is 30.3 Å². The molecule has 1 amide bonds. The molecule has 10 heteroatoms. The molecule has 0 saturated carbocycles. The van der Waals surface area contributed by atoms with E-state index >= 15 is 0 Å². The summed E-state index contributed by atoms with van der Waals surface area (Å²) in [5, 5.41) is 5.26. The van der Waals surface area contributed by atoms with Gasteiger partial charge in [0.1, 0.15) is 5.75 Å². The van der Waals surface area contributed by atoms with Gasteiger partial charge in [0.25, 0.3) is 5.91 Å². The van der Waals surface area contributed by atoms with E-state index in [2.05, 4.69) is 20.5 Å². The van der Waals surface area contributed by atoms with Crippen molar-refractivity contribution >= 4 is 64.1 Å². The standard InChI is InChI=1S/C23H16Cl2N4O3S/c24-15-7-10-17(18(25)11-15)22(31)32-16-8-5-14(6-9-16)12-26-29-21(30)13-33-23-27-19-3-1-2-4-20(19)28-23/h1-12H,13H2,(H,27,28)(H,29,30)/b26-12-. The minimum absolute atomic E-state index is 0.166. The number of para-hydroxylation sites is 2. The monoisotopic (exact) mass is 498 g/mol. The lowest BCUT2D eigenvalue weighted by molar-refractivity contribution is -0.118. The van der Waals surface area contributed by atoms with Crippen molar-refractivity contribution in [1.29, 1.82) is 0 Å². The molecule has 166 valence electrons. The van der Waals surface area contributed by atoms with Gasteiger partial charge in [-0.05, 0) is 60.2 Å². The highest BCUT2D eigenvalue weighted by atomic mass is 35.5. The van der Waals surface area contributed by atoms with E-state index in [1.165, 1.54) is 30.1 Å². The lowest BCUT2D eigenvalue weighted by Gasteiger charge is -2.06. The second-order valence-electron chi connectivity index (χ2n) is 6.72. The number of thioether (sulfide) groups is 1. The number of halogens is 2. The Balaban J connectivity index is 1.26. The zero-order chi connectivity index (χ0) is 23.2. The number of carbonyl (C=O) groups excluding carboxylic acids is 2. The highest BCUT2D eigenvalue weighted by Gasteiger charge is 2.13. The number of hydrogen-bond acceptors (Lipinski definition) is 6. The van der Waals surface area contributed by atoms with Gasteiger partial charge in [-0.1, -0.05) is 47.1 Å². The van der Waals surface area contributed by atoms with Crippen molar-refractivity contribution in [2.24, 2.45) is 5.10 Å².